The summed E-state index contributed by atoms with van der Waals surface area (Å²) in [7, 11) is 1.71. The summed E-state index contributed by atoms with van der Waals surface area (Å²) in [6.07, 6.45) is 4.86. The maximum atomic E-state index is 6.30. The van der Waals surface area contributed by atoms with E-state index in [1.54, 1.807) is 7.11 Å². The first-order valence-corrected chi connectivity index (χ1v) is 6.07. The molecule has 2 unspecified atom stereocenters. The predicted molar refractivity (Wildman–Crippen MR) is 74.0 cm³/mol. The van der Waals surface area contributed by atoms with E-state index in [1.807, 2.05) is 6.07 Å². The lowest BCUT2D eigenvalue weighted by Gasteiger charge is -2.40. The summed E-state index contributed by atoms with van der Waals surface area (Å²) in [5, 5.41) is 0. The minimum atomic E-state index is 0. The Hall–Kier alpha value is -0.730. The first-order valence-electron chi connectivity index (χ1n) is 6.07. The molecule has 2 rings (SSSR count). The minimum Gasteiger partial charge on any atom is -0.497 e. The number of methoxy groups -OCH3 is 1. The van der Waals surface area contributed by atoms with Gasteiger partial charge in [0.1, 0.15) is 5.75 Å². The largest absolute Gasteiger partial charge is 0.497 e. The molecule has 0 heterocycles. The van der Waals surface area contributed by atoms with Crippen molar-refractivity contribution in [1.82, 2.24) is 0 Å². The van der Waals surface area contributed by atoms with Gasteiger partial charge in [0.2, 0.25) is 0 Å². The van der Waals surface area contributed by atoms with E-state index >= 15 is 0 Å². The molecule has 17 heavy (non-hydrogen) atoms. The summed E-state index contributed by atoms with van der Waals surface area (Å²) in [6.45, 7) is 2.28. The van der Waals surface area contributed by atoms with Crippen LogP contribution in [-0.2, 0) is 5.41 Å². The predicted octanol–water partition coefficient (Wildman–Crippen LogP) is 3.28. The van der Waals surface area contributed by atoms with Crippen molar-refractivity contribution in [3.05, 3.63) is 29.8 Å². The second-order valence-electron chi connectivity index (χ2n) is 5.00. The van der Waals surface area contributed by atoms with Crippen molar-refractivity contribution in [3.63, 3.8) is 0 Å². The maximum Gasteiger partial charge on any atom is 0.119 e. The fourth-order valence-corrected chi connectivity index (χ4v) is 2.70. The summed E-state index contributed by atoms with van der Waals surface area (Å²) in [4.78, 5) is 0. The van der Waals surface area contributed by atoms with Crippen molar-refractivity contribution < 1.29 is 4.74 Å². The molecule has 1 aromatic carbocycles. The third-order valence-corrected chi connectivity index (χ3v) is 4.01. The molecular formula is C14H22ClNO. The van der Waals surface area contributed by atoms with Crippen molar-refractivity contribution in [3.8, 4) is 5.75 Å². The fourth-order valence-electron chi connectivity index (χ4n) is 2.70. The lowest BCUT2D eigenvalue weighted by molar-refractivity contribution is 0.271. The molecule has 1 aliphatic rings. The van der Waals surface area contributed by atoms with Crippen LogP contribution >= 0.6 is 12.4 Å². The Labute approximate surface area is 110 Å². The Kier molecular flexibility index (Phi) is 4.84. The van der Waals surface area contributed by atoms with Gasteiger partial charge in [-0.05, 0) is 30.5 Å². The molecule has 2 N–H and O–H groups in total. The molecule has 0 bridgehead atoms. The molecule has 0 aromatic heterocycles. The van der Waals surface area contributed by atoms with Gasteiger partial charge in [-0.15, -0.1) is 12.4 Å². The lowest BCUT2D eigenvalue weighted by atomic mass is 9.68. The molecule has 0 saturated heterocycles. The molecule has 0 radical (unpaired) electrons. The molecule has 1 fully saturated rings. The zero-order valence-electron chi connectivity index (χ0n) is 10.6. The molecule has 0 aliphatic heterocycles. The van der Waals surface area contributed by atoms with Gasteiger partial charge < -0.3 is 10.5 Å². The van der Waals surface area contributed by atoms with Crippen molar-refractivity contribution in [2.24, 2.45) is 5.73 Å². The van der Waals surface area contributed by atoms with Crippen molar-refractivity contribution in [2.75, 3.05) is 7.11 Å². The summed E-state index contributed by atoms with van der Waals surface area (Å²) in [6, 6.07) is 8.62. The van der Waals surface area contributed by atoms with E-state index in [0.717, 1.165) is 12.2 Å². The number of nitrogens with two attached hydrogens (primary N) is 1. The van der Waals surface area contributed by atoms with Gasteiger partial charge in [-0.3, -0.25) is 0 Å². The Morgan fingerprint density at radius 2 is 2.12 bits per heavy atom. The van der Waals surface area contributed by atoms with Crippen LogP contribution in [0.2, 0.25) is 0 Å². The Bertz CT molecular complexity index is 369. The number of rotatable bonds is 2. The molecule has 2 atom stereocenters. The van der Waals surface area contributed by atoms with E-state index in [-0.39, 0.29) is 23.9 Å². The summed E-state index contributed by atoms with van der Waals surface area (Å²) >= 11 is 0. The number of benzene rings is 1. The van der Waals surface area contributed by atoms with Gasteiger partial charge in [0.25, 0.3) is 0 Å². The summed E-state index contributed by atoms with van der Waals surface area (Å²) < 4.78 is 5.29. The highest BCUT2D eigenvalue weighted by Crippen LogP contribution is 2.39. The van der Waals surface area contributed by atoms with Crippen molar-refractivity contribution >= 4 is 12.4 Å². The van der Waals surface area contributed by atoms with Gasteiger partial charge in [-0.1, -0.05) is 31.9 Å². The van der Waals surface area contributed by atoms with Crippen LogP contribution in [0.15, 0.2) is 24.3 Å². The third kappa shape index (κ3) is 2.75. The molecule has 1 aliphatic carbocycles. The first kappa shape index (κ1) is 14.3. The highest BCUT2D eigenvalue weighted by molar-refractivity contribution is 5.85. The monoisotopic (exact) mass is 255 g/mol. The number of hydrogen-bond acceptors (Lipinski definition) is 2. The van der Waals surface area contributed by atoms with Crippen LogP contribution in [0.3, 0.4) is 0 Å². The molecule has 0 spiro atoms. The fraction of sp³-hybridized carbons (Fsp3) is 0.571. The van der Waals surface area contributed by atoms with Gasteiger partial charge >= 0.3 is 0 Å². The van der Waals surface area contributed by atoms with Gasteiger partial charge in [0, 0.05) is 11.5 Å². The third-order valence-electron chi connectivity index (χ3n) is 4.01. The molecule has 1 aromatic rings. The number of halogens is 1. The molecule has 0 amide bonds. The van der Waals surface area contributed by atoms with E-state index in [4.69, 9.17) is 10.5 Å². The van der Waals surface area contributed by atoms with E-state index < -0.39 is 0 Å². The van der Waals surface area contributed by atoms with Gasteiger partial charge in [-0.2, -0.15) is 0 Å². The second-order valence-corrected chi connectivity index (χ2v) is 5.00. The molecule has 96 valence electrons. The Morgan fingerprint density at radius 3 is 2.76 bits per heavy atom. The van der Waals surface area contributed by atoms with E-state index in [0.29, 0.717) is 0 Å². The van der Waals surface area contributed by atoms with Crippen LogP contribution in [0, 0.1) is 0 Å². The standard InChI is InChI=1S/C14H21NO.ClH/c1-14(9-4-3-8-13(14)15)11-6-5-7-12(10-11)16-2;/h5-7,10,13H,3-4,8-9,15H2,1-2H3;1H. The van der Waals surface area contributed by atoms with E-state index in [2.05, 4.69) is 25.1 Å². The second kappa shape index (κ2) is 5.74. The summed E-state index contributed by atoms with van der Waals surface area (Å²) in [5.74, 6) is 0.927. The SMILES string of the molecule is COc1cccc(C2(C)CCCCC2N)c1.Cl. The molecule has 2 nitrogen and oxygen atoms in total. The van der Waals surface area contributed by atoms with Crippen LogP contribution in [-0.4, -0.2) is 13.2 Å². The van der Waals surface area contributed by atoms with Gasteiger partial charge in [0.05, 0.1) is 7.11 Å². The zero-order valence-corrected chi connectivity index (χ0v) is 11.4. The lowest BCUT2D eigenvalue weighted by Crippen LogP contribution is -2.45. The van der Waals surface area contributed by atoms with Crippen LogP contribution < -0.4 is 10.5 Å². The highest BCUT2D eigenvalue weighted by atomic mass is 35.5. The molecular weight excluding hydrogens is 234 g/mol. The Morgan fingerprint density at radius 1 is 1.35 bits per heavy atom. The maximum absolute atomic E-state index is 6.30. The minimum absolute atomic E-state index is 0. The van der Waals surface area contributed by atoms with Crippen molar-refractivity contribution in [1.29, 1.82) is 0 Å². The quantitative estimate of drug-likeness (QED) is 0.880. The average Bonchev–Trinajstić information content (AvgIpc) is 2.33. The molecule has 1 saturated carbocycles. The van der Waals surface area contributed by atoms with Crippen LogP contribution in [0.25, 0.3) is 0 Å². The highest BCUT2D eigenvalue weighted by Gasteiger charge is 2.35. The van der Waals surface area contributed by atoms with Crippen molar-refractivity contribution in [2.45, 2.75) is 44.1 Å². The first-order chi connectivity index (χ1) is 7.66. The number of ether oxygens (including phenoxy) is 1. The smallest absolute Gasteiger partial charge is 0.119 e. The van der Waals surface area contributed by atoms with E-state index in [1.165, 1.54) is 24.8 Å². The van der Waals surface area contributed by atoms with Crippen LogP contribution in [0.5, 0.6) is 5.75 Å². The van der Waals surface area contributed by atoms with Gasteiger partial charge in [0.15, 0.2) is 0 Å². The van der Waals surface area contributed by atoms with E-state index in [9.17, 15) is 0 Å². The average molecular weight is 256 g/mol. The Balaban J connectivity index is 0.00000144. The zero-order chi connectivity index (χ0) is 11.6. The van der Waals surface area contributed by atoms with Crippen LogP contribution in [0.1, 0.15) is 38.2 Å². The van der Waals surface area contributed by atoms with Gasteiger partial charge in [-0.25, -0.2) is 0 Å². The normalized spacial score (nSPS) is 28.3. The summed E-state index contributed by atoms with van der Waals surface area (Å²) in [5.41, 5.74) is 7.73. The van der Waals surface area contributed by atoms with Crippen LogP contribution in [0.4, 0.5) is 0 Å². The number of hydrogen-bond donors (Lipinski definition) is 1. The topological polar surface area (TPSA) is 35.2 Å². The molecule has 3 heteroatoms.